The number of aromatic nitrogens is 3. The summed E-state index contributed by atoms with van der Waals surface area (Å²) in [5, 5.41) is 12.4. The number of nitrogens with zero attached hydrogens (tertiary/aromatic N) is 1. The average Bonchev–Trinajstić information content (AvgIpc) is 3.14. The van der Waals surface area contributed by atoms with E-state index in [0.717, 1.165) is 46.6 Å². The van der Waals surface area contributed by atoms with Gasteiger partial charge in [0, 0.05) is 17.3 Å². The van der Waals surface area contributed by atoms with E-state index in [2.05, 4.69) is 23.0 Å². The van der Waals surface area contributed by atoms with Crippen LogP contribution in [0.4, 0.5) is 0 Å². The Morgan fingerprint density at radius 1 is 1.10 bits per heavy atom. The maximum Gasteiger partial charge on any atom is 0.335 e. The molecule has 7 heteroatoms. The standard InChI is InChI=1S/C24H24N4O3/c1-3-27-13-12-17-16-6-4-5-7-18(16)25-20(17)21(27)19-22(29)26-24(31)28(23(19)30)15-10-8-14(2)9-11-15/h4-11,21,25,30H,3,12-13H2,1-2H3,(H,26,29,31)/p+1/t21-/m0/s1. The van der Waals surface area contributed by atoms with E-state index in [1.165, 1.54) is 10.1 Å². The highest BCUT2D eigenvalue weighted by atomic mass is 16.3. The molecule has 0 spiro atoms. The Bertz CT molecular complexity index is 1400. The van der Waals surface area contributed by atoms with Crippen molar-refractivity contribution in [1.82, 2.24) is 14.5 Å². The van der Waals surface area contributed by atoms with Gasteiger partial charge in [-0.1, -0.05) is 35.9 Å². The predicted molar refractivity (Wildman–Crippen MR) is 119 cm³/mol. The first-order valence-corrected chi connectivity index (χ1v) is 10.6. The predicted octanol–water partition coefficient (Wildman–Crippen LogP) is 1.57. The minimum Gasteiger partial charge on any atom is -0.494 e. The number of para-hydroxylation sites is 1. The SMILES string of the molecule is CC[NH+]1CCc2c([nH]c3ccccc23)[C@@H]1c1c(O)n(-c2ccc(C)cc2)c(=O)[nH]c1=O. The maximum atomic E-state index is 13.0. The lowest BCUT2D eigenvalue weighted by Crippen LogP contribution is -3.13. The lowest BCUT2D eigenvalue weighted by Gasteiger charge is -2.32. The second-order valence-electron chi connectivity index (χ2n) is 8.18. The fourth-order valence-corrected chi connectivity index (χ4v) is 4.83. The zero-order chi connectivity index (χ0) is 21.7. The molecule has 2 atom stereocenters. The van der Waals surface area contributed by atoms with Crippen molar-refractivity contribution in [2.75, 3.05) is 13.1 Å². The summed E-state index contributed by atoms with van der Waals surface area (Å²) >= 11 is 0. The van der Waals surface area contributed by atoms with E-state index < -0.39 is 17.3 Å². The normalized spacial score (nSPS) is 18.3. The van der Waals surface area contributed by atoms with Crippen LogP contribution >= 0.6 is 0 Å². The first kappa shape index (κ1) is 19.4. The molecule has 1 aliphatic heterocycles. The van der Waals surface area contributed by atoms with Crippen LogP contribution in [0, 0.1) is 6.92 Å². The third-order valence-corrected chi connectivity index (χ3v) is 6.40. The second-order valence-corrected chi connectivity index (χ2v) is 8.18. The number of aromatic amines is 2. The minimum atomic E-state index is -0.652. The van der Waals surface area contributed by atoms with Gasteiger partial charge in [0.25, 0.3) is 5.56 Å². The van der Waals surface area contributed by atoms with Crippen LogP contribution in [0.3, 0.4) is 0 Å². The van der Waals surface area contributed by atoms with E-state index in [-0.39, 0.29) is 11.4 Å². The van der Waals surface area contributed by atoms with Gasteiger partial charge < -0.3 is 15.0 Å². The highest BCUT2D eigenvalue weighted by Gasteiger charge is 2.39. The zero-order valence-corrected chi connectivity index (χ0v) is 17.5. The topological polar surface area (TPSA) is 95.3 Å². The van der Waals surface area contributed by atoms with Gasteiger partial charge in [0.1, 0.15) is 5.56 Å². The van der Waals surface area contributed by atoms with Gasteiger partial charge in [-0.25, -0.2) is 9.36 Å². The summed E-state index contributed by atoms with van der Waals surface area (Å²) in [6.07, 6.45) is 0.884. The maximum absolute atomic E-state index is 13.0. The molecule has 0 radical (unpaired) electrons. The number of hydrogen-bond donors (Lipinski definition) is 4. The molecule has 0 bridgehead atoms. The van der Waals surface area contributed by atoms with Gasteiger partial charge in [-0.15, -0.1) is 0 Å². The largest absolute Gasteiger partial charge is 0.494 e. The van der Waals surface area contributed by atoms with Gasteiger partial charge in [0.15, 0.2) is 6.04 Å². The Morgan fingerprint density at radius 3 is 2.58 bits per heavy atom. The van der Waals surface area contributed by atoms with Crippen molar-refractivity contribution in [1.29, 1.82) is 0 Å². The average molecular weight is 417 g/mol. The quantitative estimate of drug-likeness (QED) is 0.408. The Labute approximate surface area is 178 Å². The number of rotatable bonds is 3. The van der Waals surface area contributed by atoms with Gasteiger partial charge in [-0.3, -0.25) is 9.78 Å². The number of quaternary nitrogens is 1. The summed E-state index contributed by atoms with van der Waals surface area (Å²) in [6.45, 7) is 5.63. The molecule has 2 aromatic carbocycles. The van der Waals surface area contributed by atoms with E-state index >= 15 is 0 Å². The molecular formula is C24H25N4O3+. The van der Waals surface area contributed by atoms with Gasteiger partial charge in [-0.2, -0.15) is 0 Å². The molecule has 0 aliphatic carbocycles. The fraction of sp³-hybridized carbons (Fsp3) is 0.250. The molecule has 0 saturated heterocycles. The highest BCUT2D eigenvalue weighted by Crippen LogP contribution is 2.33. The van der Waals surface area contributed by atoms with E-state index in [0.29, 0.717) is 5.69 Å². The van der Waals surface area contributed by atoms with Crippen molar-refractivity contribution in [3.63, 3.8) is 0 Å². The summed E-state index contributed by atoms with van der Waals surface area (Å²) in [7, 11) is 0. The van der Waals surface area contributed by atoms with Crippen molar-refractivity contribution in [3.05, 3.63) is 91.8 Å². The molecule has 0 fully saturated rings. The summed E-state index contributed by atoms with van der Waals surface area (Å²) in [5.41, 5.74) is 3.68. The van der Waals surface area contributed by atoms with Crippen molar-refractivity contribution in [2.45, 2.75) is 26.3 Å². The molecule has 3 heterocycles. The molecule has 1 unspecified atom stereocenters. The van der Waals surface area contributed by atoms with Crippen LogP contribution in [0.5, 0.6) is 5.88 Å². The van der Waals surface area contributed by atoms with E-state index in [1.807, 2.05) is 37.3 Å². The molecule has 0 saturated carbocycles. The Balaban J connectivity index is 1.78. The van der Waals surface area contributed by atoms with Crippen LogP contribution in [-0.2, 0) is 6.42 Å². The summed E-state index contributed by atoms with van der Waals surface area (Å²) in [6, 6.07) is 14.9. The number of nitrogens with one attached hydrogen (secondary N) is 3. The van der Waals surface area contributed by atoms with E-state index in [4.69, 9.17) is 0 Å². The van der Waals surface area contributed by atoms with Gasteiger partial charge in [0.2, 0.25) is 5.88 Å². The first-order valence-electron chi connectivity index (χ1n) is 10.6. The number of benzene rings is 2. The van der Waals surface area contributed by atoms with Crippen LogP contribution < -0.4 is 16.1 Å². The molecule has 1 aliphatic rings. The number of H-pyrrole nitrogens is 2. The Hall–Kier alpha value is -3.58. The third-order valence-electron chi connectivity index (χ3n) is 6.40. The van der Waals surface area contributed by atoms with E-state index in [9.17, 15) is 14.7 Å². The fourth-order valence-electron chi connectivity index (χ4n) is 4.83. The smallest absolute Gasteiger partial charge is 0.335 e. The van der Waals surface area contributed by atoms with Crippen molar-refractivity contribution < 1.29 is 10.0 Å². The van der Waals surface area contributed by atoms with Crippen LogP contribution in [0.2, 0.25) is 0 Å². The van der Waals surface area contributed by atoms with Gasteiger partial charge >= 0.3 is 5.69 Å². The Morgan fingerprint density at radius 2 is 1.84 bits per heavy atom. The molecule has 31 heavy (non-hydrogen) atoms. The highest BCUT2D eigenvalue weighted by molar-refractivity contribution is 5.85. The third kappa shape index (κ3) is 3.00. The summed E-state index contributed by atoms with van der Waals surface area (Å²) < 4.78 is 1.18. The van der Waals surface area contributed by atoms with Crippen molar-refractivity contribution in [2.24, 2.45) is 0 Å². The lowest BCUT2D eigenvalue weighted by molar-refractivity contribution is -0.926. The summed E-state index contributed by atoms with van der Waals surface area (Å²) in [5.74, 6) is -0.306. The van der Waals surface area contributed by atoms with E-state index in [1.54, 1.807) is 12.1 Å². The molecule has 2 aromatic heterocycles. The molecule has 0 amide bonds. The number of likely N-dealkylation sites (N-methyl/N-ethyl adjacent to an activating group) is 1. The monoisotopic (exact) mass is 417 g/mol. The van der Waals surface area contributed by atoms with Crippen LogP contribution in [-0.4, -0.2) is 32.7 Å². The van der Waals surface area contributed by atoms with Gasteiger partial charge in [-0.05, 0) is 37.6 Å². The Kier molecular flexibility index (Phi) is 4.55. The molecular weight excluding hydrogens is 392 g/mol. The van der Waals surface area contributed by atoms with Gasteiger partial charge in [0.05, 0.1) is 24.5 Å². The molecule has 158 valence electrons. The molecule has 5 rings (SSSR count). The van der Waals surface area contributed by atoms with Crippen LogP contribution in [0.1, 0.15) is 35.3 Å². The van der Waals surface area contributed by atoms with Crippen LogP contribution in [0.25, 0.3) is 16.6 Å². The number of aryl methyl sites for hydroxylation is 1. The number of fused-ring (bicyclic) bond motifs is 3. The first-order chi connectivity index (χ1) is 15.0. The lowest BCUT2D eigenvalue weighted by atomic mass is 9.93. The minimum absolute atomic E-state index is 0.213. The second kappa shape index (κ2) is 7.28. The number of hydrogen-bond acceptors (Lipinski definition) is 3. The van der Waals surface area contributed by atoms with Crippen molar-refractivity contribution >= 4 is 10.9 Å². The van der Waals surface area contributed by atoms with Crippen molar-refractivity contribution in [3.8, 4) is 11.6 Å². The number of aromatic hydroxyl groups is 1. The van der Waals surface area contributed by atoms with Crippen LogP contribution in [0.15, 0.2) is 58.1 Å². The summed E-state index contributed by atoms with van der Waals surface area (Å²) in [4.78, 5) is 32.8. The molecule has 7 nitrogen and oxygen atoms in total. The zero-order valence-electron chi connectivity index (χ0n) is 17.5. The molecule has 4 aromatic rings. The molecule has 4 N–H and O–H groups in total.